The molecule has 2 aromatic rings. The number of pyridine rings is 1. The van der Waals surface area contributed by atoms with E-state index in [1.165, 1.54) is 12.1 Å². The van der Waals surface area contributed by atoms with Crippen LogP contribution in [0.1, 0.15) is 23.0 Å². The molecule has 1 saturated heterocycles. The summed E-state index contributed by atoms with van der Waals surface area (Å²) >= 11 is 0. The Hall–Kier alpha value is -2.74. The Morgan fingerprint density at radius 3 is 2.60 bits per heavy atom. The summed E-state index contributed by atoms with van der Waals surface area (Å²) in [6, 6.07) is 6.62. The first-order valence-electron chi connectivity index (χ1n) is 8.42. The number of likely N-dealkylation sites (N-methyl/N-ethyl adjacent to an activating group) is 1. The minimum atomic E-state index is -0.337. The standard InChI is InChI=1S/C17H22N6O2/c1-2-22-7-9-23(10-8-22)15-5-3-13(11-18-15)12-19-17(25)14-4-6-16(24)21-20-14/h3-6,11H,2,7-10,12H2,1H3,(H,19,25)(H,21,24). The van der Waals surface area contributed by atoms with Crippen LogP contribution in [0.5, 0.6) is 0 Å². The number of rotatable bonds is 5. The predicted octanol–water partition coefficient (Wildman–Crippen LogP) is 0.237. The highest BCUT2D eigenvalue weighted by Gasteiger charge is 2.16. The van der Waals surface area contributed by atoms with Crippen molar-refractivity contribution in [2.24, 2.45) is 0 Å². The lowest BCUT2D eigenvalue weighted by Crippen LogP contribution is -2.46. The second-order valence-electron chi connectivity index (χ2n) is 5.94. The van der Waals surface area contributed by atoms with Crippen LogP contribution in [-0.2, 0) is 6.54 Å². The largest absolute Gasteiger partial charge is 0.354 e. The molecule has 2 aromatic heterocycles. The van der Waals surface area contributed by atoms with E-state index in [0.29, 0.717) is 6.54 Å². The minimum absolute atomic E-state index is 0.179. The van der Waals surface area contributed by atoms with E-state index >= 15 is 0 Å². The molecule has 8 heteroatoms. The third kappa shape index (κ3) is 4.42. The van der Waals surface area contributed by atoms with Crippen LogP contribution in [-0.4, -0.2) is 58.7 Å². The zero-order chi connectivity index (χ0) is 17.6. The van der Waals surface area contributed by atoms with E-state index in [1.54, 1.807) is 6.20 Å². The van der Waals surface area contributed by atoms with Crippen molar-refractivity contribution in [3.05, 3.63) is 52.1 Å². The first-order chi connectivity index (χ1) is 12.2. The number of carbonyl (C=O) groups is 1. The molecule has 0 atom stereocenters. The molecule has 1 amide bonds. The molecule has 0 radical (unpaired) electrons. The molecule has 8 nitrogen and oxygen atoms in total. The molecule has 0 unspecified atom stereocenters. The van der Waals surface area contributed by atoms with Gasteiger partial charge in [-0.15, -0.1) is 0 Å². The lowest BCUT2D eigenvalue weighted by molar-refractivity contribution is 0.0944. The average molecular weight is 342 g/mol. The summed E-state index contributed by atoms with van der Waals surface area (Å²) in [5.74, 6) is 0.629. The lowest BCUT2D eigenvalue weighted by atomic mass is 10.2. The summed E-state index contributed by atoms with van der Waals surface area (Å²) in [5, 5.41) is 8.71. The molecule has 0 aliphatic carbocycles. The molecule has 1 aliphatic rings. The summed E-state index contributed by atoms with van der Waals surface area (Å²) in [5.41, 5.74) is 0.753. The van der Waals surface area contributed by atoms with Gasteiger partial charge in [-0.1, -0.05) is 13.0 Å². The summed E-state index contributed by atoms with van der Waals surface area (Å²) in [4.78, 5) is 32.1. The fraction of sp³-hybridized carbons (Fsp3) is 0.412. The molecule has 0 bridgehead atoms. The van der Waals surface area contributed by atoms with Gasteiger partial charge in [-0.25, -0.2) is 10.1 Å². The van der Waals surface area contributed by atoms with Gasteiger partial charge >= 0.3 is 0 Å². The van der Waals surface area contributed by atoms with Crippen molar-refractivity contribution in [2.75, 3.05) is 37.6 Å². The Bertz CT molecular complexity index is 745. The van der Waals surface area contributed by atoms with Crippen LogP contribution in [0, 0.1) is 0 Å². The predicted molar refractivity (Wildman–Crippen MR) is 94.6 cm³/mol. The van der Waals surface area contributed by atoms with Crippen LogP contribution in [0.25, 0.3) is 0 Å². The van der Waals surface area contributed by atoms with Gasteiger partial charge in [0.25, 0.3) is 11.5 Å². The van der Waals surface area contributed by atoms with E-state index in [0.717, 1.165) is 44.1 Å². The van der Waals surface area contributed by atoms with Crippen molar-refractivity contribution in [2.45, 2.75) is 13.5 Å². The maximum Gasteiger partial charge on any atom is 0.271 e. The topological polar surface area (TPSA) is 94.2 Å². The number of piperazine rings is 1. The van der Waals surface area contributed by atoms with Crippen LogP contribution in [0.4, 0.5) is 5.82 Å². The normalized spacial score (nSPS) is 15.2. The van der Waals surface area contributed by atoms with Gasteiger partial charge in [0.05, 0.1) is 0 Å². The van der Waals surface area contributed by atoms with Crippen LogP contribution in [0.2, 0.25) is 0 Å². The average Bonchev–Trinajstić information content (AvgIpc) is 2.67. The zero-order valence-corrected chi connectivity index (χ0v) is 14.2. The second-order valence-corrected chi connectivity index (χ2v) is 5.94. The van der Waals surface area contributed by atoms with Crippen LogP contribution in [0.3, 0.4) is 0 Å². The molecule has 0 spiro atoms. The molecule has 1 fully saturated rings. The quantitative estimate of drug-likeness (QED) is 0.808. The van der Waals surface area contributed by atoms with Crippen molar-refractivity contribution in [3.8, 4) is 0 Å². The molecule has 132 valence electrons. The summed E-state index contributed by atoms with van der Waals surface area (Å²) in [6.45, 7) is 7.70. The van der Waals surface area contributed by atoms with Crippen molar-refractivity contribution < 1.29 is 4.79 Å². The first kappa shape index (κ1) is 17.1. The van der Waals surface area contributed by atoms with Gasteiger partial charge in [0.15, 0.2) is 0 Å². The molecule has 3 rings (SSSR count). The molecule has 0 aromatic carbocycles. The highest BCUT2D eigenvalue weighted by Crippen LogP contribution is 2.14. The van der Waals surface area contributed by atoms with Gasteiger partial charge in [0, 0.05) is 45.0 Å². The van der Waals surface area contributed by atoms with Gasteiger partial charge in [-0.05, 0) is 24.2 Å². The first-order valence-corrected chi connectivity index (χ1v) is 8.42. The van der Waals surface area contributed by atoms with E-state index in [4.69, 9.17) is 0 Å². The minimum Gasteiger partial charge on any atom is -0.354 e. The van der Waals surface area contributed by atoms with Gasteiger partial charge in [-0.2, -0.15) is 5.10 Å². The number of anilines is 1. The van der Waals surface area contributed by atoms with E-state index in [2.05, 4.69) is 37.2 Å². The number of H-pyrrole nitrogens is 1. The number of aromatic nitrogens is 3. The Morgan fingerprint density at radius 2 is 2.00 bits per heavy atom. The maximum atomic E-state index is 12.0. The van der Waals surface area contributed by atoms with E-state index in [1.807, 2.05) is 12.1 Å². The van der Waals surface area contributed by atoms with Crippen molar-refractivity contribution in [1.82, 2.24) is 25.4 Å². The fourth-order valence-corrected chi connectivity index (χ4v) is 2.75. The lowest BCUT2D eigenvalue weighted by Gasteiger charge is -2.34. The maximum absolute atomic E-state index is 12.0. The van der Waals surface area contributed by atoms with Gasteiger partial charge in [0.2, 0.25) is 0 Å². The van der Waals surface area contributed by atoms with E-state index in [9.17, 15) is 9.59 Å². The van der Waals surface area contributed by atoms with Crippen LogP contribution >= 0.6 is 0 Å². The third-order valence-corrected chi connectivity index (χ3v) is 4.32. The molecular formula is C17H22N6O2. The number of amides is 1. The second kappa shape index (κ2) is 7.89. The van der Waals surface area contributed by atoms with Crippen molar-refractivity contribution >= 4 is 11.7 Å². The number of hydrogen-bond acceptors (Lipinski definition) is 6. The third-order valence-electron chi connectivity index (χ3n) is 4.32. The Balaban J connectivity index is 1.53. The Kier molecular flexibility index (Phi) is 5.39. The highest BCUT2D eigenvalue weighted by molar-refractivity contribution is 5.91. The summed E-state index contributed by atoms with van der Waals surface area (Å²) in [7, 11) is 0. The Morgan fingerprint density at radius 1 is 1.20 bits per heavy atom. The number of nitrogens with one attached hydrogen (secondary N) is 2. The molecular weight excluding hydrogens is 320 g/mol. The summed E-state index contributed by atoms with van der Waals surface area (Å²) in [6.07, 6.45) is 1.78. The van der Waals surface area contributed by atoms with Crippen LogP contribution < -0.4 is 15.8 Å². The molecule has 2 N–H and O–H groups in total. The van der Waals surface area contributed by atoms with E-state index < -0.39 is 0 Å². The number of nitrogens with zero attached hydrogens (tertiary/aromatic N) is 4. The smallest absolute Gasteiger partial charge is 0.271 e. The highest BCUT2D eigenvalue weighted by atomic mass is 16.2. The molecule has 1 aliphatic heterocycles. The Labute approximate surface area is 145 Å². The number of carbonyl (C=O) groups excluding carboxylic acids is 1. The fourth-order valence-electron chi connectivity index (χ4n) is 2.75. The van der Waals surface area contributed by atoms with Gasteiger partial charge in [-0.3, -0.25) is 9.59 Å². The molecule has 3 heterocycles. The van der Waals surface area contributed by atoms with Gasteiger partial charge < -0.3 is 15.1 Å². The van der Waals surface area contributed by atoms with E-state index in [-0.39, 0.29) is 17.2 Å². The molecule has 0 saturated carbocycles. The zero-order valence-electron chi connectivity index (χ0n) is 14.2. The van der Waals surface area contributed by atoms with Crippen molar-refractivity contribution in [3.63, 3.8) is 0 Å². The number of aromatic amines is 1. The van der Waals surface area contributed by atoms with Crippen LogP contribution in [0.15, 0.2) is 35.3 Å². The molecule has 25 heavy (non-hydrogen) atoms. The van der Waals surface area contributed by atoms with Crippen molar-refractivity contribution in [1.29, 1.82) is 0 Å². The summed E-state index contributed by atoms with van der Waals surface area (Å²) < 4.78 is 0. The number of hydrogen-bond donors (Lipinski definition) is 2. The monoisotopic (exact) mass is 342 g/mol. The SMILES string of the molecule is CCN1CCN(c2ccc(CNC(=O)c3ccc(=O)[nH]n3)cn2)CC1. The van der Waals surface area contributed by atoms with Gasteiger partial charge in [0.1, 0.15) is 11.5 Å².